The molecule has 0 saturated carbocycles. The van der Waals surface area contributed by atoms with E-state index in [2.05, 4.69) is 22.3 Å². The summed E-state index contributed by atoms with van der Waals surface area (Å²) in [7, 11) is 3.03. The summed E-state index contributed by atoms with van der Waals surface area (Å²) in [5.74, 6) is 1.16. The van der Waals surface area contributed by atoms with Crippen LogP contribution in [0.2, 0.25) is 0 Å². The zero-order chi connectivity index (χ0) is 19.9. The second-order valence-electron chi connectivity index (χ2n) is 6.18. The summed E-state index contributed by atoms with van der Waals surface area (Å²) in [6, 6.07) is 18.0. The molecule has 6 nitrogen and oxygen atoms in total. The van der Waals surface area contributed by atoms with E-state index in [4.69, 9.17) is 9.47 Å². The van der Waals surface area contributed by atoms with Crippen molar-refractivity contribution in [3.05, 3.63) is 60.2 Å². The summed E-state index contributed by atoms with van der Waals surface area (Å²) in [4.78, 5) is 11.9. The van der Waals surface area contributed by atoms with Gasteiger partial charge in [-0.25, -0.2) is 0 Å². The summed E-state index contributed by atoms with van der Waals surface area (Å²) >= 11 is 1.34. The fraction of sp³-hybridized carbons (Fsp3) is 0.286. The van der Waals surface area contributed by atoms with Crippen LogP contribution in [0.4, 0.5) is 0 Å². The molecule has 0 fully saturated rings. The molecule has 0 aliphatic carbocycles. The number of thioether (sulfide) groups is 1. The molecule has 0 spiro atoms. The second-order valence-corrected chi connectivity index (χ2v) is 7.48. The van der Waals surface area contributed by atoms with E-state index in [0.717, 1.165) is 17.7 Å². The molecule has 3 aromatic rings. The van der Waals surface area contributed by atoms with Crippen LogP contribution in [0.5, 0.6) is 5.75 Å². The third-order valence-electron chi connectivity index (χ3n) is 4.35. The lowest BCUT2D eigenvalue weighted by Gasteiger charge is -2.14. The van der Waals surface area contributed by atoms with Gasteiger partial charge >= 0.3 is 5.97 Å². The minimum atomic E-state index is -0.379. The number of hydrogen-bond donors (Lipinski definition) is 0. The maximum absolute atomic E-state index is 11.9. The largest absolute Gasteiger partial charge is 0.496 e. The molecule has 0 unspecified atom stereocenters. The first-order valence-corrected chi connectivity index (χ1v) is 9.87. The number of carbonyl (C=O) groups excluding carboxylic acids is 1. The summed E-state index contributed by atoms with van der Waals surface area (Å²) in [5.41, 5.74) is 2.09. The summed E-state index contributed by atoms with van der Waals surface area (Å²) < 4.78 is 12.4. The number of para-hydroxylation sites is 1. The van der Waals surface area contributed by atoms with E-state index < -0.39 is 0 Å². The third-order valence-corrected chi connectivity index (χ3v) is 5.41. The zero-order valence-electron chi connectivity index (χ0n) is 16.2. The van der Waals surface area contributed by atoms with Crippen LogP contribution in [-0.2, 0) is 22.5 Å². The van der Waals surface area contributed by atoms with E-state index in [1.165, 1.54) is 24.4 Å². The normalized spacial score (nSPS) is 11.8. The lowest BCUT2D eigenvalue weighted by molar-refractivity contribution is -0.139. The molecule has 146 valence electrons. The van der Waals surface area contributed by atoms with Crippen molar-refractivity contribution in [2.24, 2.45) is 0 Å². The molecule has 28 heavy (non-hydrogen) atoms. The van der Waals surface area contributed by atoms with Gasteiger partial charge in [-0.05, 0) is 31.0 Å². The molecule has 1 aromatic heterocycles. The minimum absolute atomic E-state index is 0.290. The Bertz CT molecular complexity index is 928. The van der Waals surface area contributed by atoms with E-state index in [1.54, 1.807) is 14.0 Å². The van der Waals surface area contributed by atoms with Crippen molar-refractivity contribution in [1.82, 2.24) is 14.8 Å². The first kappa shape index (κ1) is 19.9. The molecule has 3 rings (SSSR count). The van der Waals surface area contributed by atoms with Crippen molar-refractivity contribution in [3.63, 3.8) is 0 Å². The summed E-state index contributed by atoms with van der Waals surface area (Å²) in [6.07, 6.45) is 0.821. The van der Waals surface area contributed by atoms with Crippen LogP contribution in [-0.4, -0.2) is 40.2 Å². The van der Waals surface area contributed by atoms with Crippen LogP contribution in [0.25, 0.3) is 11.4 Å². The van der Waals surface area contributed by atoms with E-state index in [1.807, 2.05) is 47.0 Å². The number of rotatable bonds is 8. The lowest BCUT2D eigenvalue weighted by atomic mass is 10.1. The number of methoxy groups -OCH3 is 2. The van der Waals surface area contributed by atoms with Gasteiger partial charge in [-0.2, -0.15) is 0 Å². The molecule has 0 amide bonds. The highest BCUT2D eigenvalue weighted by Crippen LogP contribution is 2.32. The zero-order valence-corrected chi connectivity index (χ0v) is 17.0. The lowest BCUT2D eigenvalue weighted by Crippen LogP contribution is -2.16. The van der Waals surface area contributed by atoms with Crippen LogP contribution < -0.4 is 4.74 Å². The molecule has 1 heterocycles. The Balaban J connectivity index is 1.96. The first-order valence-electron chi connectivity index (χ1n) is 8.99. The molecule has 2 aromatic carbocycles. The van der Waals surface area contributed by atoms with Crippen LogP contribution in [0, 0.1) is 0 Å². The number of ether oxygens (including phenoxy) is 2. The number of carbonyl (C=O) groups is 1. The van der Waals surface area contributed by atoms with Crippen molar-refractivity contribution in [2.45, 2.75) is 30.3 Å². The Morgan fingerprint density at radius 2 is 1.79 bits per heavy atom. The molecular formula is C21H23N3O3S. The molecule has 1 atom stereocenters. The highest BCUT2D eigenvalue weighted by Gasteiger charge is 2.22. The van der Waals surface area contributed by atoms with Crippen molar-refractivity contribution in [2.75, 3.05) is 14.2 Å². The summed E-state index contributed by atoms with van der Waals surface area (Å²) in [5, 5.41) is 9.05. The van der Waals surface area contributed by atoms with E-state index in [0.29, 0.717) is 17.5 Å². The van der Waals surface area contributed by atoms with Crippen molar-refractivity contribution in [1.29, 1.82) is 0 Å². The third kappa shape index (κ3) is 4.54. The number of benzene rings is 2. The van der Waals surface area contributed by atoms with Gasteiger partial charge in [-0.1, -0.05) is 54.2 Å². The van der Waals surface area contributed by atoms with Gasteiger partial charge < -0.3 is 14.0 Å². The van der Waals surface area contributed by atoms with Crippen molar-refractivity contribution in [3.8, 4) is 17.1 Å². The standard InChI is InChI=1S/C21H23N3O3S/c1-15(20(25)27-3)28-21-23-22-19(17-11-7-8-12-18(17)26-2)24(21)14-13-16-9-5-4-6-10-16/h4-12,15H,13-14H2,1-3H3/t15-/m0/s1. The molecule has 0 bridgehead atoms. The number of hydrogen-bond acceptors (Lipinski definition) is 6. The highest BCUT2D eigenvalue weighted by atomic mass is 32.2. The Morgan fingerprint density at radius 3 is 2.50 bits per heavy atom. The molecule has 0 aliphatic rings. The molecule has 0 N–H and O–H groups in total. The predicted molar refractivity (Wildman–Crippen MR) is 109 cm³/mol. The molecule has 0 aliphatic heterocycles. The van der Waals surface area contributed by atoms with E-state index in [-0.39, 0.29) is 11.2 Å². The second kappa shape index (κ2) is 9.41. The van der Waals surface area contributed by atoms with Gasteiger partial charge in [0.2, 0.25) is 0 Å². The number of aromatic nitrogens is 3. The van der Waals surface area contributed by atoms with Crippen LogP contribution >= 0.6 is 11.8 Å². The number of nitrogens with zero attached hydrogens (tertiary/aromatic N) is 3. The SMILES string of the molecule is COC(=O)[C@H](C)Sc1nnc(-c2ccccc2OC)n1CCc1ccccc1. The highest BCUT2D eigenvalue weighted by molar-refractivity contribution is 8.00. The fourth-order valence-corrected chi connectivity index (χ4v) is 3.77. The maximum atomic E-state index is 11.9. The van der Waals surface area contributed by atoms with Crippen LogP contribution in [0.3, 0.4) is 0 Å². The van der Waals surface area contributed by atoms with Crippen LogP contribution in [0.15, 0.2) is 59.8 Å². The Kier molecular flexibility index (Phi) is 6.71. The maximum Gasteiger partial charge on any atom is 0.318 e. The van der Waals surface area contributed by atoms with Crippen molar-refractivity contribution >= 4 is 17.7 Å². The van der Waals surface area contributed by atoms with Gasteiger partial charge in [0.25, 0.3) is 0 Å². The molecule has 0 saturated heterocycles. The van der Waals surface area contributed by atoms with Crippen LogP contribution in [0.1, 0.15) is 12.5 Å². The Hall–Kier alpha value is -2.80. The summed E-state index contributed by atoms with van der Waals surface area (Å²) in [6.45, 7) is 2.48. The quantitative estimate of drug-likeness (QED) is 0.425. The van der Waals surface area contributed by atoms with E-state index in [9.17, 15) is 4.79 Å². The Morgan fingerprint density at radius 1 is 1.07 bits per heavy atom. The smallest absolute Gasteiger partial charge is 0.318 e. The molecule has 0 radical (unpaired) electrons. The van der Waals surface area contributed by atoms with Gasteiger partial charge in [0.05, 0.1) is 19.8 Å². The number of aryl methyl sites for hydroxylation is 1. The van der Waals surface area contributed by atoms with E-state index >= 15 is 0 Å². The number of esters is 1. The van der Waals surface area contributed by atoms with Gasteiger partial charge in [0.1, 0.15) is 11.0 Å². The first-order chi connectivity index (χ1) is 13.6. The molecular weight excluding hydrogens is 374 g/mol. The monoisotopic (exact) mass is 397 g/mol. The average molecular weight is 398 g/mol. The van der Waals surface area contributed by atoms with Gasteiger partial charge in [-0.3, -0.25) is 4.79 Å². The Labute approximate surface area is 168 Å². The predicted octanol–water partition coefficient (Wildman–Crippen LogP) is 3.85. The molecule has 7 heteroatoms. The fourth-order valence-electron chi connectivity index (χ4n) is 2.86. The van der Waals surface area contributed by atoms with Gasteiger partial charge in [0, 0.05) is 6.54 Å². The van der Waals surface area contributed by atoms with Gasteiger partial charge in [-0.15, -0.1) is 10.2 Å². The topological polar surface area (TPSA) is 66.2 Å². The van der Waals surface area contributed by atoms with Crippen molar-refractivity contribution < 1.29 is 14.3 Å². The minimum Gasteiger partial charge on any atom is -0.496 e. The van der Waals surface area contributed by atoms with Gasteiger partial charge in [0.15, 0.2) is 11.0 Å². The average Bonchev–Trinajstić information content (AvgIpc) is 3.14.